The molecule has 0 aliphatic carbocycles. The Balaban J connectivity index is 2.97. The molecular weight excluding hydrogens is 239 g/mol. The Morgan fingerprint density at radius 3 is 2.92 bits per heavy atom. The molecule has 0 N–H and O–H groups in total. The standard InChI is InChI=1S/C9H4BrFO2/c10-6-4-9-5(3-7(6)11)8(12)1-2-13-9/h1-4H. The molecule has 1 aromatic heterocycles. The molecule has 0 atom stereocenters. The highest BCUT2D eigenvalue weighted by atomic mass is 79.9. The Morgan fingerprint density at radius 2 is 2.15 bits per heavy atom. The van der Waals surface area contributed by atoms with Crippen LogP contribution in [0.2, 0.25) is 0 Å². The molecule has 2 aromatic rings. The van der Waals surface area contributed by atoms with Gasteiger partial charge in [0.05, 0.1) is 16.1 Å². The van der Waals surface area contributed by atoms with E-state index in [-0.39, 0.29) is 15.3 Å². The molecule has 0 saturated heterocycles. The summed E-state index contributed by atoms with van der Waals surface area (Å²) in [6, 6.07) is 3.85. The maximum absolute atomic E-state index is 13.0. The summed E-state index contributed by atoms with van der Waals surface area (Å²) in [5.74, 6) is -0.467. The van der Waals surface area contributed by atoms with E-state index in [1.165, 1.54) is 18.4 Å². The summed E-state index contributed by atoms with van der Waals surface area (Å²) in [5, 5.41) is 0.253. The van der Waals surface area contributed by atoms with Crippen molar-refractivity contribution >= 4 is 26.9 Å². The van der Waals surface area contributed by atoms with E-state index in [2.05, 4.69) is 15.9 Å². The van der Waals surface area contributed by atoms with Gasteiger partial charge in [-0.25, -0.2) is 4.39 Å². The molecule has 66 valence electrons. The van der Waals surface area contributed by atoms with Crippen LogP contribution in [0.4, 0.5) is 4.39 Å². The molecule has 2 rings (SSSR count). The molecule has 0 aliphatic heterocycles. The molecule has 0 bridgehead atoms. The summed E-state index contributed by atoms with van der Waals surface area (Å²) in [5.41, 5.74) is 0.133. The van der Waals surface area contributed by atoms with Gasteiger partial charge in [-0.3, -0.25) is 4.79 Å². The second-order valence-corrected chi connectivity index (χ2v) is 3.40. The third-order valence-corrected chi connectivity index (χ3v) is 2.31. The van der Waals surface area contributed by atoms with E-state index in [0.717, 1.165) is 6.07 Å². The van der Waals surface area contributed by atoms with Crippen LogP contribution in [0.3, 0.4) is 0 Å². The van der Waals surface area contributed by atoms with Crippen LogP contribution in [0.1, 0.15) is 0 Å². The molecule has 0 aliphatic rings. The Kier molecular flexibility index (Phi) is 1.92. The number of fused-ring (bicyclic) bond motifs is 1. The molecule has 0 radical (unpaired) electrons. The lowest BCUT2D eigenvalue weighted by Crippen LogP contribution is -1.98. The molecule has 0 fully saturated rings. The third-order valence-electron chi connectivity index (χ3n) is 1.70. The minimum atomic E-state index is -0.467. The van der Waals surface area contributed by atoms with Crippen LogP contribution in [-0.2, 0) is 0 Å². The third kappa shape index (κ3) is 1.37. The molecule has 0 saturated carbocycles. The molecular formula is C9H4BrFO2. The van der Waals surface area contributed by atoms with Crippen LogP contribution in [0.5, 0.6) is 0 Å². The van der Waals surface area contributed by atoms with Crippen molar-refractivity contribution in [3.63, 3.8) is 0 Å². The smallest absolute Gasteiger partial charge is 0.192 e. The first kappa shape index (κ1) is 8.44. The number of benzene rings is 1. The predicted molar refractivity (Wildman–Crippen MR) is 50.1 cm³/mol. The van der Waals surface area contributed by atoms with Crippen molar-refractivity contribution in [1.82, 2.24) is 0 Å². The van der Waals surface area contributed by atoms with Crippen LogP contribution >= 0.6 is 15.9 Å². The van der Waals surface area contributed by atoms with Gasteiger partial charge in [0.15, 0.2) is 5.43 Å². The molecule has 1 aromatic carbocycles. The zero-order valence-electron chi connectivity index (χ0n) is 6.38. The van der Waals surface area contributed by atoms with Gasteiger partial charge in [-0.1, -0.05) is 0 Å². The summed E-state index contributed by atoms with van der Waals surface area (Å²) in [4.78, 5) is 11.2. The lowest BCUT2D eigenvalue weighted by Gasteiger charge is -1.97. The summed E-state index contributed by atoms with van der Waals surface area (Å²) in [7, 11) is 0. The zero-order chi connectivity index (χ0) is 9.42. The van der Waals surface area contributed by atoms with E-state index in [9.17, 15) is 9.18 Å². The van der Waals surface area contributed by atoms with Gasteiger partial charge >= 0.3 is 0 Å². The maximum atomic E-state index is 13.0. The highest BCUT2D eigenvalue weighted by molar-refractivity contribution is 9.10. The van der Waals surface area contributed by atoms with Crippen LogP contribution in [0.25, 0.3) is 11.0 Å². The van der Waals surface area contributed by atoms with Crippen molar-refractivity contribution < 1.29 is 8.81 Å². The molecule has 1 heterocycles. The van der Waals surface area contributed by atoms with Crippen molar-refractivity contribution in [3.8, 4) is 0 Å². The summed E-state index contributed by atoms with van der Waals surface area (Å²) in [6.07, 6.45) is 1.29. The Bertz CT molecular complexity index is 518. The monoisotopic (exact) mass is 242 g/mol. The fourth-order valence-corrected chi connectivity index (χ4v) is 1.40. The predicted octanol–water partition coefficient (Wildman–Crippen LogP) is 2.69. The van der Waals surface area contributed by atoms with Crippen LogP contribution in [-0.4, -0.2) is 0 Å². The van der Waals surface area contributed by atoms with Gasteiger partial charge < -0.3 is 4.42 Å². The molecule has 2 nitrogen and oxygen atoms in total. The van der Waals surface area contributed by atoms with E-state index in [1.54, 1.807) is 0 Å². The van der Waals surface area contributed by atoms with Gasteiger partial charge in [-0.05, 0) is 28.1 Å². The first-order chi connectivity index (χ1) is 6.18. The molecule has 0 unspecified atom stereocenters. The van der Waals surface area contributed by atoms with Gasteiger partial charge in [0.1, 0.15) is 11.4 Å². The second kappa shape index (κ2) is 2.96. The fourth-order valence-electron chi connectivity index (χ4n) is 1.08. The van der Waals surface area contributed by atoms with Gasteiger partial charge in [0, 0.05) is 6.07 Å². The average Bonchev–Trinajstić information content (AvgIpc) is 2.09. The average molecular weight is 243 g/mol. The molecule has 0 spiro atoms. The first-order valence-corrected chi connectivity index (χ1v) is 4.34. The van der Waals surface area contributed by atoms with E-state index in [4.69, 9.17) is 4.42 Å². The maximum Gasteiger partial charge on any atom is 0.192 e. The van der Waals surface area contributed by atoms with Crippen molar-refractivity contribution in [3.05, 3.63) is 45.0 Å². The van der Waals surface area contributed by atoms with E-state index in [0.29, 0.717) is 5.58 Å². The second-order valence-electron chi connectivity index (χ2n) is 2.55. The van der Waals surface area contributed by atoms with Gasteiger partial charge in [-0.15, -0.1) is 0 Å². The quantitative estimate of drug-likeness (QED) is 0.712. The molecule has 13 heavy (non-hydrogen) atoms. The van der Waals surface area contributed by atoms with Crippen molar-refractivity contribution in [2.24, 2.45) is 0 Å². The van der Waals surface area contributed by atoms with Gasteiger partial charge in [0.2, 0.25) is 0 Å². The van der Waals surface area contributed by atoms with E-state index in [1.807, 2.05) is 0 Å². The minimum absolute atomic E-state index is 0.243. The van der Waals surface area contributed by atoms with Crippen molar-refractivity contribution in [1.29, 1.82) is 0 Å². The first-order valence-electron chi connectivity index (χ1n) is 3.55. The summed E-state index contributed by atoms with van der Waals surface area (Å²) >= 11 is 3.00. The number of hydrogen-bond donors (Lipinski definition) is 0. The van der Waals surface area contributed by atoms with Gasteiger partial charge in [0.25, 0.3) is 0 Å². The summed E-state index contributed by atoms with van der Waals surface area (Å²) in [6.45, 7) is 0. The van der Waals surface area contributed by atoms with E-state index >= 15 is 0 Å². The number of halogens is 2. The van der Waals surface area contributed by atoms with Crippen LogP contribution in [0, 0.1) is 5.82 Å². The minimum Gasteiger partial charge on any atom is -0.464 e. The SMILES string of the molecule is O=c1ccoc2cc(Br)c(F)cc12. The Labute approximate surface area is 81.1 Å². The lowest BCUT2D eigenvalue weighted by molar-refractivity contribution is 0.594. The van der Waals surface area contributed by atoms with Crippen LogP contribution in [0.15, 0.2) is 38.1 Å². The topological polar surface area (TPSA) is 30.2 Å². The fraction of sp³-hybridized carbons (Fsp3) is 0. The van der Waals surface area contributed by atoms with Crippen molar-refractivity contribution in [2.45, 2.75) is 0 Å². The Morgan fingerprint density at radius 1 is 1.38 bits per heavy atom. The zero-order valence-corrected chi connectivity index (χ0v) is 7.97. The lowest BCUT2D eigenvalue weighted by atomic mass is 10.2. The van der Waals surface area contributed by atoms with Crippen molar-refractivity contribution in [2.75, 3.05) is 0 Å². The molecule has 0 amide bonds. The van der Waals surface area contributed by atoms with Gasteiger partial charge in [-0.2, -0.15) is 0 Å². The largest absolute Gasteiger partial charge is 0.464 e. The highest BCUT2D eigenvalue weighted by Gasteiger charge is 2.05. The normalized spacial score (nSPS) is 10.6. The Hall–Kier alpha value is -1.16. The summed E-state index contributed by atoms with van der Waals surface area (Å²) < 4.78 is 18.3. The van der Waals surface area contributed by atoms with E-state index < -0.39 is 5.82 Å². The number of hydrogen-bond acceptors (Lipinski definition) is 2. The van der Waals surface area contributed by atoms with Crippen LogP contribution < -0.4 is 5.43 Å². The highest BCUT2D eigenvalue weighted by Crippen LogP contribution is 2.20. The number of rotatable bonds is 0. The molecule has 4 heteroatoms.